The van der Waals surface area contributed by atoms with Crippen LogP contribution in [0.5, 0.6) is 0 Å². The Kier molecular flexibility index (Phi) is 5.65. The molecular weight excluding hydrogens is 258 g/mol. The van der Waals surface area contributed by atoms with Gasteiger partial charge in [0.1, 0.15) is 0 Å². The number of aryl methyl sites for hydroxylation is 1. The second kappa shape index (κ2) is 7.28. The van der Waals surface area contributed by atoms with E-state index in [4.69, 9.17) is 5.73 Å². The molecule has 2 N–H and O–H groups in total. The lowest BCUT2D eigenvalue weighted by Crippen LogP contribution is -2.60. The zero-order valence-electron chi connectivity index (χ0n) is 13.9. The van der Waals surface area contributed by atoms with Gasteiger partial charge < -0.3 is 10.6 Å². The third-order valence-electron chi connectivity index (χ3n) is 5.07. The third kappa shape index (κ3) is 3.58. The molecule has 1 saturated heterocycles. The molecule has 1 aliphatic rings. The molecule has 3 nitrogen and oxygen atoms in total. The molecule has 0 saturated carbocycles. The molecule has 0 bridgehead atoms. The Labute approximate surface area is 130 Å². The van der Waals surface area contributed by atoms with Crippen molar-refractivity contribution in [2.75, 3.05) is 37.6 Å². The minimum Gasteiger partial charge on any atom is -0.369 e. The number of nitrogens with two attached hydrogens (primary N) is 1. The normalized spacial score (nSPS) is 19.5. The fourth-order valence-corrected chi connectivity index (χ4v) is 3.66. The number of anilines is 1. The predicted molar refractivity (Wildman–Crippen MR) is 91.9 cm³/mol. The summed E-state index contributed by atoms with van der Waals surface area (Å²) in [7, 11) is 0. The van der Waals surface area contributed by atoms with E-state index in [1.54, 1.807) is 0 Å². The van der Waals surface area contributed by atoms with Gasteiger partial charge in [0.05, 0.1) is 0 Å². The molecule has 1 fully saturated rings. The molecule has 1 atom stereocenters. The van der Waals surface area contributed by atoms with Gasteiger partial charge in [-0.15, -0.1) is 0 Å². The molecule has 2 rings (SSSR count). The maximum absolute atomic E-state index is 6.15. The van der Waals surface area contributed by atoms with Gasteiger partial charge in [0.15, 0.2) is 0 Å². The Hall–Kier alpha value is -1.06. The molecule has 1 aromatic carbocycles. The van der Waals surface area contributed by atoms with Crippen LogP contribution >= 0.6 is 0 Å². The Balaban J connectivity index is 2.02. The highest BCUT2D eigenvalue weighted by Gasteiger charge is 2.34. The van der Waals surface area contributed by atoms with Crippen molar-refractivity contribution < 1.29 is 0 Å². The first-order chi connectivity index (χ1) is 10.1. The molecule has 3 heteroatoms. The van der Waals surface area contributed by atoms with Gasteiger partial charge in [-0.3, -0.25) is 4.90 Å². The van der Waals surface area contributed by atoms with Crippen LogP contribution in [-0.2, 0) is 0 Å². The lowest BCUT2D eigenvalue weighted by atomic mass is 9.88. The van der Waals surface area contributed by atoms with Crippen LogP contribution < -0.4 is 10.6 Å². The first kappa shape index (κ1) is 16.3. The molecule has 0 aromatic heterocycles. The largest absolute Gasteiger partial charge is 0.369 e. The summed E-state index contributed by atoms with van der Waals surface area (Å²) < 4.78 is 0. The highest BCUT2D eigenvalue weighted by molar-refractivity contribution is 5.48. The van der Waals surface area contributed by atoms with E-state index in [9.17, 15) is 0 Å². The summed E-state index contributed by atoms with van der Waals surface area (Å²) in [6, 6.07) is 8.84. The van der Waals surface area contributed by atoms with Crippen LogP contribution in [0.1, 0.15) is 38.7 Å². The molecule has 118 valence electrons. The predicted octanol–water partition coefficient (Wildman–Crippen LogP) is 3.02. The van der Waals surface area contributed by atoms with Crippen LogP contribution in [0.3, 0.4) is 0 Å². The third-order valence-corrected chi connectivity index (χ3v) is 5.07. The van der Waals surface area contributed by atoms with Crippen LogP contribution in [0.4, 0.5) is 5.69 Å². The topological polar surface area (TPSA) is 32.5 Å². The Morgan fingerprint density at radius 2 is 1.86 bits per heavy atom. The number of hydrogen-bond donors (Lipinski definition) is 1. The van der Waals surface area contributed by atoms with Crippen LogP contribution in [0.15, 0.2) is 24.3 Å². The van der Waals surface area contributed by atoms with Gasteiger partial charge in [-0.2, -0.15) is 0 Å². The lowest BCUT2D eigenvalue weighted by Gasteiger charge is -2.47. The van der Waals surface area contributed by atoms with E-state index < -0.39 is 0 Å². The van der Waals surface area contributed by atoms with Crippen molar-refractivity contribution in [2.45, 2.75) is 45.6 Å². The van der Waals surface area contributed by atoms with Gasteiger partial charge in [0, 0.05) is 44.0 Å². The van der Waals surface area contributed by atoms with Crippen molar-refractivity contribution >= 4 is 5.69 Å². The van der Waals surface area contributed by atoms with Gasteiger partial charge in [0.2, 0.25) is 0 Å². The monoisotopic (exact) mass is 289 g/mol. The van der Waals surface area contributed by atoms with Crippen LogP contribution in [-0.4, -0.2) is 43.2 Å². The number of benzene rings is 1. The highest BCUT2D eigenvalue weighted by atomic mass is 15.3. The smallest absolute Gasteiger partial charge is 0.0369 e. The summed E-state index contributed by atoms with van der Waals surface area (Å²) in [6.45, 7) is 12.0. The van der Waals surface area contributed by atoms with Crippen molar-refractivity contribution in [3.05, 3.63) is 29.8 Å². The van der Waals surface area contributed by atoms with Crippen molar-refractivity contribution in [3.63, 3.8) is 0 Å². The molecule has 0 amide bonds. The van der Waals surface area contributed by atoms with Gasteiger partial charge in [-0.05, 0) is 37.5 Å². The van der Waals surface area contributed by atoms with Gasteiger partial charge in [0.25, 0.3) is 0 Å². The van der Waals surface area contributed by atoms with Crippen LogP contribution in [0.25, 0.3) is 0 Å². The van der Waals surface area contributed by atoms with E-state index in [0.29, 0.717) is 0 Å². The molecule has 0 spiro atoms. The van der Waals surface area contributed by atoms with Crippen molar-refractivity contribution in [3.8, 4) is 0 Å². The minimum absolute atomic E-state index is 0.216. The maximum Gasteiger partial charge on any atom is 0.0369 e. The average Bonchev–Trinajstić information content (AvgIpc) is 2.53. The molecule has 0 radical (unpaired) electrons. The Morgan fingerprint density at radius 3 is 2.38 bits per heavy atom. The van der Waals surface area contributed by atoms with Crippen molar-refractivity contribution in [2.24, 2.45) is 5.73 Å². The summed E-state index contributed by atoms with van der Waals surface area (Å²) in [5, 5.41) is 0. The number of piperazine rings is 1. The fraction of sp³-hybridized carbons (Fsp3) is 0.667. The molecule has 1 heterocycles. The first-order valence-corrected chi connectivity index (χ1v) is 8.42. The molecule has 1 aliphatic heterocycles. The zero-order valence-corrected chi connectivity index (χ0v) is 13.9. The fourth-order valence-electron chi connectivity index (χ4n) is 3.66. The minimum atomic E-state index is 0.216. The summed E-state index contributed by atoms with van der Waals surface area (Å²) >= 11 is 0. The SMILES string of the molecule is CCCC(CC)(CN)N1CCN(c2cccc(C)c2)CC1. The van der Waals surface area contributed by atoms with Crippen LogP contribution in [0.2, 0.25) is 0 Å². The van der Waals surface area contributed by atoms with E-state index in [1.165, 1.54) is 24.1 Å². The van der Waals surface area contributed by atoms with Gasteiger partial charge in [-0.25, -0.2) is 0 Å². The molecule has 21 heavy (non-hydrogen) atoms. The molecule has 1 unspecified atom stereocenters. The summed E-state index contributed by atoms with van der Waals surface area (Å²) in [5.41, 5.74) is 9.06. The van der Waals surface area contributed by atoms with Crippen molar-refractivity contribution in [1.29, 1.82) is 0 Å². The van der Waals surface area contributed by atoms with E-state index >= 15 is 0 Å². The van der Waals surface area contributed by atoms with Gasteiger partial charge >= 0.3 is 0 Å². The molecular formula is C18H31N3. The Bertz CT molecular complexity index is 432. The highest BCUT2D eigenvalue weighted by Crippen LogP contribution is 2.27. The number of rotatable bonds is 6. The second-order valence-electron chi connectivity index (χ2n) is 6.35. The van der Waals surface area contributed by atoms with Crippen LogP contribution in [0, 0.1) is 6.92 Å². The summed E-state index contributed by atoms with van der Waals surface area (Å²) in [4.78, 5) is 5.15. The Morgan fingerprint density at radius 1 is 1.14 bits per heavy atom. The van der Waals surface area contributed by atoms with E-state index in [1.807, 2.05) is 0 Å². The molecule has 1 aromatic rings. The molecule has 0 aliphatic carbocycles. The van der Waals surface area contributed by atoms with E-state index in [0.717, 1.165) is 39.1 Å². The number of nitrogens with zero attached hydrogens (tertiary/aromatic N) is 2. The second-order valence-corrected chi connectivity index (χ2v) is 6.35. The van der Waals surface area contributed by atoms with Gasteiger partial charge in [-0.1, -0.05) is 32.4 Å². The first-order valence-electron chi connectivity index (χ1n) is 8.42. The standard InChI is InChI=1S/C18H31N3/c1-4-9-18(5-2,15-19)21-12-10-20(11-13-21)17-8-6-7-16(3)14-17/h6-8,14H,4-5,9-13,15,19H2,1-3H3. The van der Waals surface area contributed by atoms with E-state index in [2.05, 4.69) is 54.8 Å². The van der Waals surface area contributed by atoms with E-state index in [-0.39, 0.29) is 5.54 Å². The zero-order chi connectivity index (χ0) is 15.3. The average molecular weight is 289 g/mol. The lowest BCUT2D eigenvalue weighted by molar-refractivity contribution is 0.0734. The van der Waals surface area contributed by atoms with Crippen molar-refractivity contribution in [1.82, 2.24) is 4.90 Å². The quantitative estimate of drug-likeness (QED) is 0.874. The summed E-state index contributed by atoms with van der Waals surface area (Å²) in [6.07, 6.45) is 3.58. The maximum atomic E-state index is 6.15. The number of hydrogen-bond acceptors (Lipinski definition) is 3. The summed E-state index contributed by atoms with van der Waals surface area (Å²) in [5.74, 6) is 0.